The Morgan fingerprint density at radius 2 is 2.23 bits per heavy atom. The molecule has 1 heterocycles. The molecule has 0 aliphatic rings. The molecule has 0 radical (unpaired) electrons. The van der Waals surface area contributed by atoms with Gasteiger partial charge in [0, 0.05) is 6.07 Å². The number of hydrogen-bond acceptors (Lipinski definition) is 3. The second kappa shape index (κ2) is 3.66. The molecule has 0 aliphatic heterocycles. The molecule has 0 bridgehead atoms. The Bertz CT molecular complexity index is 291. The van der Waals surface area contributed by atoms with E-state index in [4.69, 9.17) is 5.11 Å². The van der Waals surface area contributed by atoms with Crippen LogP contribution in [-0.4, -0.2) is 23.8 Å². The molecule has 5 heteroatoms. The van der Waals surface area contributed by atoms with E-state index in [0.29, 0.717) is 0 Å². The van der Waals surface area contributed by atoms with Gasteiger partial charge in [0.05, 0.1) is 7.11 Å². The van der Waals surface area contributed by atoms with E-state index in [9.17, 15) is 8.78 Å². The summed E-state index contributed by atoms with van der Waals surface area (Å²) in [5.41, 5.74) is -0.491. The minimum Gasteiger partial charge on any atom is -0.481 e. The van der Waals surface area contributed by atoms with Crippen molar-refractivity contribution in [3.63, 3.8) is 0 Å². The summed E-state index contributed by atoms with van der Waals surface area (Å²) in [6.07, 6.45) is 0. The van der Waals surface area contributed by atoms with Crippen molar-refractivity contribution >= 4 is 0 Å². The average Bonchev–Trinajstić information content (AvgIpc) is 2.18. The van der Waals surface area contributed by atoms with Crippen molar-refractivity contribution in [1.82, 2.24) is 4.98 Å². The maximum absolute atomic E-state index is 12.8. The van der Waals surface area contributed by atoms with Gasteiger partial charge in [-0.25, -0.2) is 4.98 Å². The van der Waals surface area contributed by atoms with Crippen molar-refractivity contribution in [2.45, 2.75) is 5.92 Å². The molecule has 1 aromatic rings. The van der Waals surface area contributed by atoms with Crippen molar-refractivity contribution in [3.05, 3.63) is 23.9 Å². The summed E-state index contributed by atoms with van der Waals surface area (Å²) in [6, 6.07) is 3.99. The summed E-state index contributed by atoms with van der Waals surface area (Å²) in [7, 11) is 1.34. The second-order valence-electron chi connectivity index (χ2n) is 2.43. The number of alkyl halides is 2. The van der Waals surface area contributed by atoms with Gasteiger partial charge >= 0.3 is 5.92 Å². The Balaban J connectivity index is 3.01. The van der Waals surface area contributed by atoms with Gasteiger partial charge in [0.25, 0.3) is 0 Å². The van der Waals surface area contributed by atoms with E-state index >= 15 is 0 Å². The molecule has 13 heavy (non-hydrogen) atoms. The van der Waals surface area contributed by atoms with E-state index in [2.05, 4.69) is 9.72 Å². The fourth-order valence-electron chi connectivity index (χ4n) is 0.813. The van der Waals surface area contributed by atoms with Crippen LogP contribution in [0.3, 0.4) is 0 Å². The quantitative estimate of drug-likeness (QED) is 0.776. The Labute approximate surface area is 74.0 Å². The van der Waals surface area contributed by atoms with Crippen LogP contribution in [0.1, 0.15) is 5.69 Å². The maximum Gasteiger partial charge on any atom is 0.312 e. The molecule has 3 nitrogen and oxygen atoms in total. The van der Waals surface area contributed by atoms with E-state index in [1.165, 1.54) is 19.2 Å². The molecule has 0 unspecified atom stereocenters. The highest BCUT2D eigenvalue weighted by atomic mass is 19.3. The molecule has 0 saturated carbocycles. The van der Waals surface area contributed by atoms with E-state index in [-0.39, 0.29) is 5.88 Å². The van der Waals surface area contributed by atoms with Gasteiger partial charge in [-0.05, 0) is 6.07 Å². The van der Waals surface area contributed by atoms with Crippen molar-refractivity contribution in [2.75, 3.05) is 13.7 Å². The van der Waals surface area contributed by atoms with Gasteiger partial charge in [-0.15, -0.1) is 0 Å². The molecule has 0 spiro atoms. The van der Waals surface area contributed by atoms with Crippen LogP contribution < -0.4 is 4.74 Å². The highest BCUT2D eigenvalue weighted by molar-refractivity contribution is 5.18. The third kappa shape index (κ3) is 2.12. The third-order valence-corrected chi connectivity index (χ3v) is 1.51. The van der Waals surface area contributed by atoms with Gasteiger partial charge in [0.15, 0.2) is 0 Å². The standard InChI is InChI=1S/C8H9F2NO2/c1-13-7-4-2-3-6(11-7)8(9,10)5-12/h2-4,12H,5H2,1H3. The van der Waals surface area contributed by atoms with Gasteiger partial charge in [-0.1, -0.05) is 6.07 Å². The third-order valence-electron chi connectivity index (χ3n) is 1.51. The summed E-state index contributed by atoms with van der Waals surface area (Å²) in [5, 5.41) is 8.38. The SMILES string of the molecule is COc1cccc(C(F)(F)CO)n1. The lowest BCUT2D eigenvalue weighted by atomic mass is 10.2. The van der Waals surface area contributed by atoms with Crippen LogP contribution in [-0.2, 0) is 5.92 Å². The minimum atomic E-state index is -3.31. The Morgan fingerprint density at radius 3 is 2.77 bits per heavy atom. The van der Waals surface area contributed by atoms with Crippen molar-refractivity contribution < 1.29 is 18.6 Å². The highest BCUT2D eigenvalue weighted by Gasteiger charge is 2.32. The fourth-order valence-corrected chi connectivity index (χ4v) is 0.813. The largest absolute Gasteiger partial charge is 0.481 e. The van der Waals surface area contributed by atoms with Crippen LogP contribution in [0.4, 0.5) is 8.78 Å². The number of aliphatic hydroxyl groups is 1. The molecule has 0 amide bonds. The maximum atomic E-state index is 12.8. The number of halogens is 2. The van der Waals surface area contributed by atoms with E-state index in [1.807, 2.05) is 0 Å². The molecule has 0 saturated heterocycles. The number of aliphatic hydroxyl groups excluding tert-OH is 1. The van der Waals surface area contributed by atoms with Crippen LogP contribution in [0, 0.1) is 0 Å². The first-order chi connectivity index (χ1) is 6.10. The van der Waals surface area contributed by atoms with Crippen molar-refractivity contribution in [1.29, 1.82) is 0 Å². The molecular formula is C8H9F2NO2. The number of methoxy groups -OCH3 is 1. The van der Waals surface area contributed by atoms with E-state index in [1.54, 1.807) is 0 Å². The minimum absolute atomic E-state index is 0.102. The van der Waals surface area contributed by atoms with Gasteiger partial charge in [0.1, 0.15) is 12.3 Å². The summed E-state index contributed by atoms with van der Waals surface area (Å²) in [5.74, 6) is -3.21. The van der Waals surface area contributed by atoms with Gasteiger partial charge in [-0.3, -0.25) is 0 Å². The fraction of sp³-hybridized carbons (Fsp3) is 0.375. The molecule has 1 rings (SSSR count). The highest BCUT2D eigenvalue weighted by Crippen LogP contribution is 2.26. The summed E-state index contributed by atoms with van der Waals surface area (Å²) in [6.45, 7) is -1.26. The zero-order chi connectivity index (χ0) is 9.90. The van der Waals surface area contributed by atoms with E-state index in [0.717, 1.165) is 6.07 Å². The first-order valence-corrected chi connectivity index (χ1v) is 3.60. The van der Waals surface area contributed by atoms with Crippen molar-refractivity contribution in [2.24, 2.45) is 0 Å². The molecule has 0 fully saturated rings. The van der Waals surface area contributed by atoms with Crippen LogP contribution in [0.2, 0.25) is 0 Å². The molecule has 0 aliphatic carbocycles. The lowest BCUT2D eigenvalue weighted by Gasteiger charge is -2.12. The molecule has 1 aromatic heterocycles. The predicted molar refractivity (Wildman–Crippen MR) is 41.8 cm³/mol. The zero-order valence-corrected chi connectivity index (χ0v) is 7.00. The lowest BCUT2D eigenvalue weighted by molar-refractivity contribution is -0.0595. The first kappa shape index (κ1) is 9.85. The summed E-state index contributed by atoms with van der Waals surface area (Å²) in [4.78, 5) is 3.50. The molecule has 0 atom stereocenters. The molecule has 72 valence electrons. The second-order valence-corrected chi connectivity index (χ2v) is 2.43. The number of aromatic nitrogens is 1. The van der Waals surface area contributed by atoms with E-state index < -0.39 is 18.2 Å². The number of nitrogens with zero attached hydrogens (tertiary/aromatic N) is 1. The van der Waals surface area contributed by atoms with Gasteiger partial charge in [0.2, 0.25) is 5.88 Å². The Morgan fingerprint density at radius 1 is 1.54 bits per heavy atom. The predicted octanol–water partition coefficient (Wildman–Crippen LogP) is 1.17. The smallest absolute Gasteiger partial charge is 0.312 e. The normalized spacial score (nSPS) is 11.4. The van der Waals surface area contributed by atoms with Gasteiger partial charge < -0.3 is 9.84 Å². The first-order valence-electron chi connectivity index (χ1n) is 3.60. The van der Waals surface area contributed by atoms with Crippen LogP contribution in [0.5, 0.6) is 5.88 Å². The van der Waals surface area contributed by atoms with Crippen LogP contribution in [0.15, 0.2) is 18.2 Å². The summed E-state index contributed by atoms with van der Waals surface area (Å²) < 4.78 is 30.3. The number of rotatable bonds is 3. The topological polar surface area (TPSA) is 42.4 Å². The van der Waals surface area contributed by atoms with Gasteiger partial charge in [-0.2, -0.15) is 8.78 Å². The molecular weight excluding hydrogens is 180 g/mol. The monoisotopic (exact) mass is 189 g/mol. The number of ether oxygens (including phenoxy) is 1. The van der Waals surface area contributed by atoms with Crippen LogP contribution >= 0.6 is 0 Å². The zero-order valence-electron chi connectivity index (χ0n) is 7.00. The Hall–Kier alpha value is -1.23. The Kier molecular flexibility index (Phi) is 2.77. The molecule has 0 aromatic carbocycles. The number of hydrogen-bond donors (Lipinski definition) is 1. The lowest BCUT2D eigenvalue weighted by Crippen LogP contribution is -2.20. The average molecular weight is 189 g/mol. The van der Waals surface area contributed by atoms with Crippen LogP contribution in [0.25, 0.3) is 0 Å². The van der Waals surface area contributed by atoms with Crippen molar-refractivity contribution in [3.8, 4) is 5.88 Å². The molecule has 1 N–H and O–H groups in total. The number of pyridine rings is 1. The summed E-state index contributed by atoms with van der Waals surface area (Å²) >= 11 is 0.